The van der Waals surface area contributed by atoms with Crippen LogP contribution in [0.4, 0.5) is 0 Å². The Bertz CT molecular complexity index is 1030. The highest BCUT2D eigenvalue weighted by Gasteiger charge is 2.47. The van der Waals surface area contributed by atoms with Crippen molar-refractivity contribution in [1.82, 2.24) is 9.80 Å². The Balaban J connectivity index is 2.02. The maximum Gasteiger partial charge on any atom is 0.295 e. The average molecular weight is 461 g/mol. The molecule has 32 heavy (non-hydrogen) atoms. The minimum Gasteiger partial charge on any atom is -0.507 e. The van der Waals surface area contributed by atoms with E-state index in [2.05, 4.69) is 18.7 Å². The summed E-state index contributed by atoms with van der Waals surface area (Å²) in [7, 11) is 1.49. The molecule has 3 rings (SSSR count). The Morgan fingerprint density at radius 1 is 1.22 bits per heavy atom. The second-order valence-electron chi connectivity index (χ2n) is 7.67. The van der Waals surface area contributed by atoms with Crippen LogP contribution in [-0.2, 0) is 9.59 Å². The van der Waals surface area contributed by atoms with Crippen LogP contribution in [0.5, 0.6) is 5.75 Å². The molecule has 1 saturated heterocycles. The van der Waals surface area contributed by atoms with Crippen molar-refractivity contribution in [2.75, 3.05) is 33.3 Å². The Kier molecular flexibility index (Phi) is 7.64. The van der Waals surface area contributed by atoms with E-state index in [1.165, 1.54) is 18.1 Å². The first-order chi connectivity index (χ1) is 15.3. The number of benzene rings is 1. The molecule has 7 nitrogen and oxygen atoms in total. The number of ketones is 1. The number of rotatable bonds is 9. The number of aliphatic hydroxyl groups is 1. The first-order valence-corrected chi connectivity index (χ1v) is 11.1. The van der Waals surface area contributed by atoms with Gasteiger partial charge >= 0.3 is 0 Å². The van der Waals surface area contributed by atoms with E-state index in [1.54, 1.807) is 31.2 Å². The average Bonchev–Trinajstić information content (AvgIpc) is 3.32. The van der Waals surface area contributed by atoms with Gasteiger partial charge in [0, 0.05) is 12.1 Å². The SMILES string of the molecule is CCN(CC)CCCN1C(=O)C(=O)C(=C(O)c2ccc(OC)c(Cl)c2)C1c1ccc(C)o1. The molecule has 1 N–H and O–H groups in total. The molecule has 0 aliphatic carbocycles. The number of nitrogens with zero attached hydrogens (tertiary/aromatic N) is 2. The van der Waals surface area contributed by atoms with Crippen LogP contribution in [0.15, 0.2) is 40.3 Å². The van der Waals surface area contributed by atoms with Crippen LogP contribution in [0.1, 0.15) is 43.4 Å². The lowest BCUT2D eigenvalue weighted by Crippen LogP contribution is -2.33. The van der Waals surface area contributed by atoms with Gasteiger partial charge in [-0.3, -0.25) is 9.59 Å². The molecule has 1 aliphatic rings. The van der Waals surface area contributed by atoms with Crippen LogP contribution in [-0.4, -0.2) is 59.9 Å². The fourth-order valence-electron chi connectivity index (χ4n) is 3.98. The van der Waals surface area contributed by atoms with Crippen molar-refractivity contribution < 1.29 is 23.8 Å². The van der Waals surface area contributed by atoms with Crippen LogP contribution in [0, 0.1) is 6.92 Å². The largest absolute Gasteiger partial charge is 0.507 e. The molecule has 0 spiro atoms. The molecule has 1 aromatic heterocycles. The molecule has 172 valence electrons. The smallest absolute Gasteiger partial charge is 0.295 e. The van der Waals surface area contributed by atoms with E-state index >= 15 is 0 Å². The quantitative estimate of drug-likeness (QED) is 0.339. The summed E-state index contributed by atoms with van der Waals surface area (Å²) >= 11 is 6.21. The topological polar surface area (TPSA) is 83.2 Å². The first kappa shape index (κ1) is 23.9. The summed E-state index contributed by atoms with van der Waals surface area (Å²) in [5.74, 6) is -0.149. The highest BCUT2D eigenvalue weighted by molar-refractivity contribution is 6.46. The van der Waals surface area contributed by atoms with Crippen molar-refractivity contribution in [3.8, 4) is 5.75 Å². The number of Topliss-reactive ketones (excluding diaryl/α,β-unsaturated/α-hetero) is 1. The summed E-state index contributed by atoms with van der Waals surface area (Å²) in [6, 6.07) is 7.41. The lowest BCUT2D eigenvalue weighted by atomic mass is 9.99. The summed E-state index contributed by atoms with van der Waals surface area (Å²) in [5, 5.41) is 11.4. The van der Waals surface area contributed by atoms with Gasteiger partial charge in [-0.1, -0.05) is 25.4 Å². The standard InChI is InChI=1S/C24H29ClN2O5/c1-5-26(6-2)12-7-13-27-21(19-10-8-15(3)32-19)20(23(29)24(27)30)22(28)16-9-11-18(31-4)17(25)14-16/h8-11,14,21,28H,5-7,12-13H2,1-4H3. The number of carbonyl (C=O) groups is 2. The molecule has 1 amide bonds. The number of furan rings is 1. The van der Waals surface area contributed by atoms with Crippen molar-refractivity contribution >= 4 is 29.1 Å². The van der Waals surface area contributed by atoms with E-state index in [0.717, 1.165) is 19.6 Å². The van der Waals surface area contributed by atoms with Gasteiger partial charge in [-0.2, -0.15) is 0 Å². The number of carbonyl (C=O) groups excluding carboxylic acids is 2. The monoisotopic (exact) mass is 460 g/mol. The normalized spacial score (nSPS) is 18.1. The van der Waals surface area contributed by atoms with Gasteiger partial charge in [0.2, 0.25) is 0 Å². The number of amides is 1. The van der Waals surface area contributed by atoms with Gasteiger partial charge in [0.25, 0.3) is 11.7 Å². The Morgan fingerprint density at radius 2 is 1.94 bits per heavy atom. The zero-order valence-corrected chi connectivity index (χ0v) is 19.6. The third-order valence-corrected chi connectivity index (χ3v) is 6.06. The molecule has 1 aromatic carbocycles. The van der Waals surface area contributed by atoms with E-state index < -0.39 is 17.7 Å². The fourth-order valence-corrected chi connectivity index (χ4v) is 4.24. The zero-order valence-electron chi connectivity index (χ0n) is 18.9. The minimum absolute atomic E-state index is 0.00609. The number of hydrogen-bond acceptors (Lipinski definition) is 6. The third-order valence-electron chi connectivity index (χ3n) is 5.76. The Labute approximate surface area is 193 Å². The van der Waals surface area contributed by atoms with Gasteiger partial charge in [-0.25, -0.2) is 0 Å². The van der Waals surface area contributed by atoms with Crippen LogP contribution in [0.2, 0.25) is 5.02 Å². The van der Waals surface area contributed by atoms with E-state index in [0.29, 0.717) is 35.8 Å². The molecule has 1 unspecified atom stereocenters. The van der Waals surface area contributed by atoms with Gasteiger partial charge in [-0.15, -0.1) is 0 Å². The van der Waals surface area contributed by atoms with Crippen LogP contribution in [0.3, 0.4) is 0 Å². The molecule has 0 radical (unpaired) electrons. The van der Waals surface area contributed by atoms with E-state index in [1.807, 2.05) is 0 Å². The molecule has 2 heterocycles. The van der Waals surface area contributed by atoms with E-state index in [4.69, 9.17) is 20.8 Å². The van der Waals surface area contributed by atoms with Crippen molar-refractivity contribution in [2.24, 2.45) is 0 Å². The predicted octanol–water partition coefficient (Wildman–Crippen LogP) is 4.40. The molecule has 0 saturated carbocycles. The molecular weight excluding hydrogens is 432 g/mol. The second-order valence-corrected chi connectivity index (χ2v) is 8.08. The Morgan fingerprint density at radius 3 is 2.50 bits per heavy atom. The van der Waals surface area contributed by atoms with E-state index in [-0.39, 0.29) is 16.4 Å². The number of ether oxygens (including phenoxy) is 1. The Hall–Kier alpha value is -2.77. The van der Waals surface area contributed by atoms with Crippen molar-refractivity contribution in [1.29, 1.82) is 0 Å². The first-order valence-electron chi connectivity index (χ1n) is 10.7. The molecule has 1 aliphatic heterocycles. The van der Waals surface area contributed by atoms with Crippen LogP contribution in [0.25, 0.3) is 5.76 Å². The summed E-state index contributed by atoms with van der Waals surface area (Å²) in [6.45, 7) is 8.95. The highest BCUT2D eigenvalue weighted by atomic mass is 35.5. The number of hydrogen-bond donors (Lipinski definition) is 1. The van der Waals surface area contributed by atoms with Gasteiger partial charge in [0.05, 0.1) is 17.7 Å². The number of halogens is 1. The van der Waals surface area contributed by atoms with Crippen LogP contribution < -0.4 is 4.74 Å². The number of likely N-dealkylation sites (tertiary alicyclic amines) is 1. The third kappa shape index (κ3) is 4.69. The maximum absolute atomic E-state index is 13.0. The lowest BCUT2D eigenvalue weighted by molar-refractivity contribution is -0.140. The molecule has 1 fully saturated rings. The highest BCUT2D eigenvalue weighted by Crippen LogP contribution is 2.40. The number of methoxy groups -OCH3 is 1. The molecule has 1 atom stereocenters. The summed E-state index contributed by atoms with van der Waals surface area (Å²) in [6.07, 6.45) is 0.694. The fraction of sp³-hybridized carbons (Fsp3) is 0.417. The van der Waals surface area contributed by atoms with Gasteiger partial charge in [0.15, 0.2) is 0 Å². The van der Waals surface area contributed by atoms with Crippen LogP contribution >= 0.6 is 11.6 Å². The predicted molar refractivity (Wildman–Crippen MR) is 123 cm³/mol. The van der Waals surface area contributed by atoms with Crippen molar-refractivity contribution in [2.45, 2.75) is 33.2 Å². The van der Waals surface area contributed by atoms with Crippen molar-refractivity contribution in [3.05, 3.63) is 58.0 Å². The molecule has 0 bridgehead atoms. The summed E-state index contributed by atoms with van der Waals surface area (Å²) in [4.78, 5) is 29.7. The summed E-state index contributed by atoms with van der Waals surface area (Å²) < 4.78 is 11.0. The lowest BCUT2D eigenvalue weighted by Gasteiger charge is -2.25. The molecular formula is C24H29ClN2O5. The molecule has 8 heteroatoms. The maximum atomic E-state index is 13.0. The zero-order chi connectivity index (χ0) is 23.4. The number of aliphatic hydroxyl groups excluding tert-OH is 1. The second kappa shape index (κ2) is 10.2. The van der Waals surface area contributed by atoms with Gasteiger partial charge in [0.1, 0.15) is 29.1 Å². The van der Waals surface area contributed by atoms with Crippen molar-refractivity contribution in [3.63, 3.8) is 0 Å². The summed E-state index contributed by atoms with van der Waals surface area (Å²) in [5.41, 5.74) is 0.318. The minimum atomic E-state index is -0.804. The number of aryl methyl sites for hydroxylation is 1. The van der Waals surface area contributed by atoms with Gasteiger partial charge in [-0.05, 0) is 63.3 Å². The van der Waals surface area contributed by atoms with Gasteiger partial charge < -0.3 is 24.1 Å². The van der Waals surface area contributed by atoms with E-state index in [9.17, 15) is 14.7 Å². The molecule has 2 aromatic rings.